The van der Waals surface area contributed by atoms with Gasteiger partial charge >= 0.3 is 0 Å². The summed E-state index contributed by atoms with van der Waals surface area (Å²) in [5, 5.41) is 15.6. The summed E-state index contributed by atoms with van der Waals surface area (Å²) in [4.78, 5) is 17.1. The number of nitrogens with one attached hydrogen (secondary N) is 1. The van der Waals surface area contributed by atoms with Crippen molar-refractivity contribution in [1.82, 2.24) is 4.98 Å². The monoisotopic (exact) mass is 407 g/mol. The third-order valence-electron chi connectivity index (χ3n) is 4.19. The molecule has 0 fully saturated rings. The molecule has 1 amide bonds. The number of thiazole rings is 1. The molecule has 1 heterocycles. The van der Waals surface area contributed by atoms with Crippen molar-refractivity contribution in [3.05, 3.63) is 74.8 Å². The van der Waals surface area contributed by atoms with Crippen LogP contribution >= 0.6 is 22.9 Å². The van der Waals surface area contributed by atoms with Crippen LogP contribution in [0, 0.1) is 32.1 Å². The zero-order valence-corrected chi connectivity index (χ0v) is 17.3. The van der Waals surface area contributed by atoms with Crippen LogP contribution in [0.15, 0.2) is 47.4 Å². The standard InChI is InChI=1S/C22H18ClN3OS/c1-13-8-14(2)20(15(3)9-13)26-21(27)17(11-24)10-19-12-28-22(25-19)16-4-6-18(23)7-5-16/h4-10,12H,1-3H3,(H,26,27)/b17-10+. The summed E-state index contributed by atoms with van der Waals surface area (Å²) < 4.78 is 0. The van der Waals surface area contributed by atoms with Crippen LogP contribution in [-0.2, 0) is 4.79 Å². The molecule has 0 aliphatic heterocycles. The lowest BCUT2D eigenvalue weighted by atomic mass is 10.0. The maximum absolute atomic E-state index is 12.6. The Hall–Kier alpha value is -2.94. The predicted octanol–water partition coefficient (Wildman–Crippen LogP) is 5.93. The highest BCUT2D eigenvalue weighted by molar-refractivity contribution is 7.13. The molecule has 0 aliphatic carbocycles. The van der Waals surface area contributed by atoms with Gasteiger partial charge in [-0.2, -0.15) is 5.26 Å². The van der Waals surface area contributed by atoms with Crippen molar-refractivity contribution in [3.63, 3.8) is 0 Å². The number of aromatic nitrogens is 1. The predicted molar refractivity (Wildman–Crippen MR) is 115 cm³/mol. The fourth-order valence-electron chi connectivity index (χ4n) is 2.93. The number of halogens is 1. The summed E-state index contributed by atoms with van der Waals surface area (Å²) >= 11 is 7.36. The Morgan fingerprint density at radius 2 is 1.82 bits per heavy atom. The van der Waals surface area contributed by atoms with E-state index in [1.165, 1.54) is 17.4 Å². The molecule has 140 valence electrons. The summed E-state index contributed by atoms with van der Waals surface area (Å²) in [6.07, 6.45) is 1.50. The number of carbonyl (C=O) groups is 1. The maximum Gasteiger partial charge on any atom is 0.266 e. The Labute approximate surface area is 173 Å². The molecule has 1 aromatic heterocycles. The summed E-state index contributed by atoms with van der Waals surface area (Å²) in [6, 6.07) is 13.3. The van der Waals surface area contributed by atoms with E-state index in [9.17, 15) is 10.1 Å². The van der Waals surface area contributed by atoms with Gasteiger partial charge in [0.25, 0.3) is 5.91 Å². The third-order valence-corrected chi connectivity index (χ3v) is 5.35. The van der Waals surface area contributed by atoms with Crippen molar-refractivity contribution in [2.45, 2.75) is 20.8 Å². The average Bonchev–Trinajstić information content (AvgIpc) is 3.11. The number of nitriles is 1. The number of nitrogens with zero attached hydrogens (tertiary/aromatic N) is 2. The number of hydrogen-bond donors (Lipinski definition) is 1. The van der Waals surface area contributed by atoms with Gasteiger partial charge in [0.2, 0.25) is 0 Å². The van der Waals surface area contributed by atoms with E-state index < -0.39 is 5.91 Å². The number of hydrogen-bond acceptors (Lipinski definition) is 4. The van der Waals surface area contributed by atoms with Crippen molar-refractivity contribution in [2.75, 3.05) is 5.32 Å². The van der Waals surface area contributed by atoms with Crippen molar-refractivity contribution in [1.29, 1.82) is 5.26 Å². The second-order valence-corrected chi connectivity index (χ2v) is 7.78. The number of amides is 1. The summed E-state index contributed by atoms with van der Waals surface area (Å²) in [6.45, 7) is 5.88. The topological polar surface area (TPSA) is 65.8 Å². The molecule has 6 heteroatoms. The summed E-state index contributed by atoms with van der Waals surface area (Å²) in [7, 11) is 0. The first kappa shape index (κ1) is 19.8. The van der Waals surface area contributed by atoms with Crippen LogP contribution in [0.3, 0.4) is 0 Å². The zero-order chi connectivity index (χ0) is 20.3. The first-order chi connectivity index (χ1) is 13.4. The fraction of sp³-hybridized carbons (Fsp3) is 0.136. The second-order valence-electron chi connectivity index (χ2n) is 6.48. The molecule has 2 aromatic carbocycles. The second kappa shape index (κ2) is 8.39. The normalized spacial score (nSPS) is 11.2. The van der Waals surface area contributed by atoms with Gasteiger partial charge in [-0.25, -0.2) is 4.98 Å². The number of anilines is 1. The molecular weight excluding hydrogens is 390 g/mol. The lowest BCUT2D eigenvalue weighted by Crippen LogP contribution is -2.15. The Bertz CT molecular complexity index is 1080. The Morgan fingerprint density at radius 3 is 2.43 bits per heavy atom. The van der Waals surface area contributed by atoms with Crippen LogP contribution in [0.2, 0.25) is 5.02 Å². The van der Waals surface area contributed by atoms with E-state index in [2.05, 4.69) is 10.3 Å². The maximum atomic E-state index is 12.6. The van der Waals surface area contributed by atoms with Crippen LogP contribution < -0.4 is 5.32 Å². The van der Waals surface area contributed by atoms with E-state index in [4.69, 9.17) is 11.6 Å². The highest BCUT2D eigenvalue weighted by Crippen LogP contribution is 2.26. The van der Waals surface area contributed by atoms with E-state index in [0.717, 1.165) is 32.9 Å². The minimum absolute atomic E-state index is 0.00679. The van der Waals surface area contributed by atoms with Gasteiger partial charge in [-0.15, -0.1) is 11.3 Å². The van der Waals surface area contributed by atoms with Crippen molar-refractivity contribution in [3.8, 4) is 16.6 Å². The molecule has 0 atom stereocenters. The third kappa shape index (κ3) is 4.48. The van der Waals surface area contributed by atoms with Crippen LogP contribution in [-0.4, -0.2) is 10.9 Å². The van der Waals surface area contributed by atoms with E-state index in [1.54, 1.807) is 12.1 Å². The van der Waals surface area contributed by atoms with Gasteiger partial charge in [-0.3, -0.25) is 4.79 Å². The lowest BCUT2D eigenvalue weighted by molar-refractivity contribution is -0.112. The van der Waals surface area contributed by atoms with Gasteiger partial charge in [0.15, 0.2) is 0 Å². The minimum atomic E-state index is -0.446. The first-order valence-electron chi connectivity index (χ1n) is 8.60. The van der Waals surface area contributed by atoms with Gasteiger partial charge < -0.3 is 5.32 Å². The molecular formula is C22H18ClN3OS. The van der Waals surface area contributed by atoms with E-state index >= 15 is 0 Å². The van der Waals surface area contributed by atoms with Crippen LogP contribution in [0.4, 0.5) is 5.69 Å². The Kier molecular flexibility index (Phi) is 5.93. The molecule has 3 aromatic rings. The Balaban J connectivity index is 1.84. The molecule has 0 aliphatic rings. The fourth-order valence-corrected chi connectivity index (χ4v) is 3.84. The molecule has 3 rings (SSSR count). The number of rotatable bonds is 4. The largest absolute Gasteiger partial charge is 0.321 e. The van der Waals surface area contributed by atoms with Crippen molar-refractivity contribution in [2.24, 2.45) is 0 Å². The molecule has 4 nitrogen and oxygen atoms in total. The van der Waals surface area contributed by atoms with Gasteiger partial charge in [-0.05, 0) is 50.1 Å². The van der Waals surface area contributed by atoms with Gasteiger partial charge in [-0.1, -0.05) is 41.4 Å². The number of aryl methyl sites for hydroxylation is 3. The van der Waals surface area contributed by atoms with E-state index in [1.807, 2.05) is 56.5 Å². The highest BCUT2D eigenvalue weighted by atomic mass is 35.5. The number of carbonyl (C=O) groups excluding carboxylic acids is 1. The van der Waals surface area contributed by atoms with E-state index in [0.29, 0.717) is 10.7 Å². The quantitative estimate of drug-likeness (QED) is 0.430. The van der Waals surface area contributed by atoms with E-state index in [-0.39, 0.29) is 5.57 Å². The SMILES string of the molecule is Cc1cc(C)c(NC(=O)/C(C#N)=C/c2csc(-c3ccc(Cl)cc3)n2)c(C)c1. The molecule has 28 heavy (non-hydrogen) atoms. The molecule has 0 radical (unpaired) electrons. The lowest BCUT2D eigenvalue weighted by Gasteiger charge is -2.12. The smallest absolute Gasteiger partial charge is 0.266 e. The molecule has 0 bridgehead atoms. The molecule has 0 saturated carbocycles. The molecule has 0 unspecified atom stereocenters. The van der Waals surface area contributed by atoms with Crippen molar-refractivity contribution >= 4 is 40.6 Å². The first-order valence-corrected chi connectivity index (χ1v) is 9.85. The van der Waals surface area contributed by atoms with Crippen LogP contribution in [0.5, 0.6) is 0 Å². The van der Waals surface area contributed by atoms with Gasteiger partial charge in [0, 0.05) is 21.7 Å². The summed E-state index contributed by atoms with van der Waals surface area (Å²) in [5.74, 6) is -0.446. The minimum Gasteiger partial charge on any atom is -0.321 e. The average molecular weight is 408 g/mol. The van der Waals surface area contributed by atoms with Crippen LogP contribution in [0.1, 0.15) is 22.4 Å². The molecule has 0 saturated heterocycles. The van der Waals surface area contributed by atoms with Gasteiger partial charge in [0.05, 0.1) is 5.69 Å². The number of benzene rings is 2. The molecule has 1 N–H and O–H groups in total. The molecule has 0 spiro atoms. The van der Waals surface area contributed by atoms with Crippen molar-refractivity contribution < 1.29 is 4.79 Å². The summed E-state index contributed by atoms with van der Waals surface area (Å²) in [5.41, 5.74) is 5.29. The highest BCUT2D eigenvalue weighted by Gasteiger charge is 2.14. The van der Waals surface area contributed by atoms with Gasteiger partial charge in [0.1, 0.15) is 16.6 Å². The zero-order valence-electron chi connectivity index (χ0n) is 15.7. The Morgan fingerprint density at radius 1 is 1.18 bits per heavy atom. The van der Waals surface area contributed by atoms with Crippen LogP contribution in [0.25, 0.3) is 16.6 Å².